The lowest BCUT2D eigenvalue weighted by molar-refractivity contribution is -0.129. The number of carbonyl (C=O) groups is 2. The molecule has 0 N–H and O–H groups in total. The van der Waals surface area contributed by atoms with Crippen LogP contribution in [0.1, 0.15) is 19.8 Å². The van der Waals surface area contributed by atoms with Crippen LogP contribution in [0.3, 0.4) is 0 Å². The minimum absolute atomic E-state index is 0.0216. The molecule has 5 heteroatoms. The molecule has 2 aliphatic rings. The van der Waals surface area contributed by atoms with Gasteiger partial charge >= 0.3 is 0 Å². The standard InChI is InChI=1S/C14H16N2O3/c1-2-19-11-5-3-4-10(8-11)16-12-6-7-13(17)15(12)9-14(16)18/h3-5,8,12H,2,6-7,9H2,1H3. The van der Waals surface area contributed by atoms with Crippen molar-refractivity contribution in [3.05, 3.63) is 24.3 Å². The van der Waals surface area contributed by atoms with Crippen LogP contribution in [0.2, 0.25) is 0 Å². The molecular formula is C14H16N2O3. The number of carbonyl (C=O) groups excluding carboxylic acids is 2. The molecule has 5 nitrogen and oxygen atoms in total. The molecule has 2 amide bonds. The fourth-order valence-electron chi connectivity index (χ4n) is 2.77. The first-order valence-corrected chi connectivity index (χ1v) is 6.55. The fourth-order valence-corrected chi connectivity index (χ4v) is 2.77. The SMILES string of the molecule is CCOc1cccc(N2C(=O)CN3C(=O)CCC32)c1. The number of benzene rings is 1. The lowest BCUT2D eigenvalue weighted by Gasteiger charge is -2.24. The van der Waals surface area contributed by atoms with Crippen LogP contribution in [0, 0.1) is 0 Å². The lowest BCUT2D eigenvalue weighted by atomic mass is 10.2. The van der Waals surface area contributed by atoms with Crippen molar-refractivity contribution < 1.29 is 14.3 Å². The van der Waals surface area contributed by atoms with E-state index in [1.54, 1.807) is 9.80 Å². The number of ether oxygens (including phenoxy) is 1. The minimum atomic E-state index is -0.114. The number of anilines is 1. The van der Waals surface area contributed by atoms with Gasteiger partial charge in [0.1, 0.15) is 18.5 Å². The highest BCUT2D eigenvalue weighted by molar-refractivity contribution is 6.02. The van der Waals surface area contributed by atoms with Crippen molar-refractivity contribution in [3.63, 3.8) is 0 Å². The van der Waals surface area contributed by atoms with Crippen molar-refractivity contribution in [2.45, 2.75) is 25.9 Å². The third-order valence-electron chi connectivity index (χ3n) is 3.58. The van der Waals surface area contributed by atoms with E-state index in [1.807, 2.05) is 31.2 Å². The molecule has 2 saturated heterocycles. The molecule has 1 aromatic rings. The summed E-state index contributed by atoms with van der Waals surface area (Å²) in [5.74, 6) is 0.795. The Hall–Kier alpha value is -2.04. The molecule has 1 atom stereocenters. The summed E-state index contributed by atoms with van der Waals surface area (Å²) < 4.78 is 5.46. The zero-order chi connectivity index (χ0) is 13.4. The van der Waals surface area contributed by atoms with E-state index in [4.69, 9.17) is 4.74 Å². The first-order valence-electron chi connectivity index (χ1n) is 6.55. The van der Waals surface area contributed by atoms with E-state index in [1.165, 1.54) is 0 Å². The smallest absolute Gasteiger partial charge is 0.248 e. The molecule has 0 saturated carbocycles. The number of amides is 2. The van der Waals surface area contributed by atoms with Crippen LogP contribution in [0.25, 0.3) is 0 Å². The fraction of sp³-hybridized carbons (Fsp3) is 0.429. The van der Waals surface area contributed by atoms with Gasteiger partial charge in [0.05, 0.1) is 6.61 Å². The predicted molar refractivity (Wildman–Crippen MR) is 69.8 cm³/mol. The molecule has 2 fully saturated rings. The highest BCUT2D eigenvalue weighted by atomic mass is 16.5. The van der Waals surface area contributed by atoms with Gasteiger partial charge in [-0.05, 0) is 25.5 Å². The molecule has 3 rings (SSSR count). The van der Waals surface area contributed by atoms with E-state index in [9.17, 15) is 9.59 Å². The molecule has 19 heavy (non-hydrogen) atoms. The number of hydrogen-bond acceptors (Lipinski definition) is 3. The monoisotopic (exact) mass is 260 g/mol. The topological polar surface area (TPSA) is 49.9 Å². The van der Waals surface area contributed by atoms with E-state index in [2.05, 4.69) is 0 Å². The summed E-state index contributed by atoms with van der Waals surface area (Å²) in [6, 6.07) is 7.47. The van der Waals surface area contributed by atoms with E-state index in [-0.39, 0.29) is 24.5 Å². The Kier molecular flexibility index (Phi) is 2.89. The summed E-state index contributed by atoms with van der Waals surface area (Å²) in [6.07, 6.45) is 1.13. The van der Waals surface area contributed by atoms with E-state index in [0.29, 0.717) is 19.4 Å². The van der Waals surface area contributed by atoms with Gasteiger partial charge < -0.3 is 9.64 Å². The minimum Gasteiger partial charge on any atom is -0.494 e. The van der Waals surface area contributed by atoms with Crippen LogP contribution in [0.15, 0.2) is 24.3 Å². The Labute approximate surface area is 111 Å². The summed E-state index contributed by atoms with van der Waals surface area (Å²) in [7, 11) is 0. The van der Waals surface area contributed by atoms with Crippen LogP contribution in [-0.4, -0.2) is 36.0 Å². The highest BCUT2D eigenvalue weighted by Crippen LogP contribution is 2.33. The third kappa shape index (κ3) is 1.95. The maximum absolute atomic E-state index is 12.1. The molecule has 2 heterocycles. The molecule has 100 valence electrons. The largest absolute Gasteiger partial charge is 0.494 e. The normalized spacial score (nSPS) is 22.1. The quantitative estimate of drug-likeness (QED) is 0.825. The predicted octanol–water partition coefficient (Wildman–Crippen LogP) is 1.38. The number of hydrogen-bond donors (Lipinski definition) is 0. The Morgan fingerprint density at radius 1 is 1.32 bits per heavy atom. The van der Waals surface area contributed by atoms with Crippen molar-refractivity contribution in [3.8, 4) is 5.75 Å². The second-order valence-electron chi connectivity index (χ2n) is 4.74. The van der Waals surface area contributed by atoms with Crippen LogP contribution in [0.5, 0.6) is 5.75 Å². The summed E-state index contributed by atoms with van der Waals surface area (Å²) in [5, 5.41) is 0. The van der Waals surface area contributed by atoms with Gasteiger partial charge in [-0.25, -0.2) is 0 Å². The van der Waals surface area contributed by atoms with Gasteiger partial charge in [-0.1, -0.05) is 6.07 Å². The number of fused-ring (bicyclic) bond motifs is 1. The van der Waals surface area contributed by atoms with Crippen LogP contribution in [-0.2, 0) is 9.59 Å². The maximum atomic E-state index is 12.1. The first-order chi connectivity index (χ1) is 9.20. The van der Waals surface area contributed by atoms with Crippen LogP contribution in [0.4, 0.5) is 5.69 Å². The molecule has 2 aliphatic heterocycles. The Balaban J connectivity index is 1.91. The average molecular weight is 260 g/mol. The number of nitrogens with zero attached hydrogens (tertiary/aromatic N) is 2. The summed E-state index contributed by atoms with van der Waals surface area (Å²) in [5.41, 5.74) is 0.804. The van der Waals surface area contributed by atoms with E-state index in [0.717, 1.165) is 11.4 Å². The Morgan fingerprint density at radius 3 is 2.95 bits per heavy atom. The van der Waals surface area contributed by atoms with E-state index >= 15 is 0 Å². The van der Waals surface area contributed by atoms with Gasteiger partial charge in [-0.3, -0.25) is 14.5 Å². The molecule has 0 radical (unpaired) electrons. The molecule has 0 aliphatic carbocycles. The second-order valence-corrected chi connectivity index (χ2v) is 4.74. The molecule has 1 unspecified atom stereocenters. The molecule has 0 bridgehead atoms. The van der Waals surface area contributed by atoms with Gasteiger partial charge in [0.2, 0.25) is 11.8 Å². The second kappa shape index (κ2) is 4.57. The number of rotatable bonds is 3. The zero-order valence-corrected chi connectivity index (χ0v) is 10.8. The van der Waals surface area contributed by atoms with Gasteiger partial charge in [0, 0.05) is 18.2 Å². The molecule has 1 aromatic carbocycles. The molecular weight excluding hydrogens is 244 g/mol. The highest BCUT2D eigenvalue weighted by Gasteiger charge is 2.45. The first kappa shape index (κ1) is 12.0. The van der Waals surface area contributed by atoms with Crippen molar-refractivity contribution in [1.29, 1.82) is 0 Å². The van der Waals surface area contributed by atoms with Crippen molar-refractivity contribution in [2.24, 2.45) is 0 Å². The van der Waals surface area contributed by atoms with Crippen molar-refractivity contribution in [2.75, 3.05) is 18.1 Å². The maximum Gasteiger partial charge on any atom is 0.248 e. The summed E-state index contributed by atoms with van der Waals surface area (Å²) in [6.45, 7) is 2.71. The molecule has 0 aromatic heterocycles. The summed E-state index contributed by atoms with van der Waals surface area (Å²) in [4.78, 5) is 27.1. The zero-order valence-electron chi connectivity index (χ0n) is 10.8. The average Bonchev–Trinajstić information content (AvgIpc) is 2.90. The van der Waals surface area contributed by atoms with Crippen LogP contribution < -0.4 is 9.64 Å². The molecule has 0 spiro atoms. The van der Waals surface area contributed by atoms with Crippen LogP contribution >= 0.6 is 0 Å². The third-order valence-corrected chi connectivity index (χ3v) is 3.58. The van der Waals surface area contributed by atoms with E-state index < -0.39 is 0 Å². The van der Waals surface area contributed by atoms with Crippen molar-refractivity contribution >= 4 is 17.5 Å². The van der Waals surface area contributed by atoms with Crippen molar-refractivity contribution in [1.82, 2.24) is 4.90 Å². The van der Waals surface area contributed by atoms with Gasteiger partial charge in [0.25, 0.3) is 0 Å². The Bertz CT molecular complexity index is 529. The summed E-state index contributed by atoms with van der Waals surface area (Å²) >= 11 is 0. The Morgan fingerprint density at radius 2 is 2.16 bits per heavy atom. The van der Waals surface area contributed by atoms with Gasteiger partial charge in [-0.15, -0.1) is 0 Å². The lowest BCUT2D eigenvalue weighted by Crippen LogP contribution is -2.36. The van der Waals surface area contributed by atoms with Gasteiger partial charge in [0.15, 0.2) is 0 Å². The van der Waals surface area contributed by atoms with Gasteiger partial charge in [-0.2, -0.15) is 0 Å².